The highest BCUT2D eigenvalue weighted by molar-refractivity contribution is 8.54. The van der Waals surface area contributed by atoms with E-state index < -0.39 is 6.80 Å². The van der Waals surface area contributed by atoms with E-state index in [4.69, 9.17) is 9.05 Å². The Morgan fingerprint density at radius 3 is 2.80 bits per heavy atom. The van der Waals surface area contributed by atoms with Crippen molar-refractivity contribution in [1.29, 1.82) is 0 Å². The highest BCUT2D eigenvalue weighted by Gasteiger charge is 2.30. The molecule has 1 rings (SSSR count). The van der Waals surface area contributed by atoms with Crippen molar-refractivity contribution >= 4 is 18.2 Å². The molecule has 0 N–H and O–H groups in total. The molecule has 1 fully saturated rings. The fraction of sp³-hybridized carbons (Fsp3) is 1.00. The molecule has 5 heteroatoms. The van der Waals surface area contributed by atoms with Crippen LogP contribution in [0.5, 0.6) is 0 Å². The van der Waals surface area contributed by atoms with E-state index in [1.54, 1.807) is 6.26 Å². The zero-order valence-corrected chi connectivity index (χ0v) is 7.78. The first-order valence-electron chi connectivity index (χ1n) is 3.15. The molecule has 0 aromatic carbocycles. The van der Waals surface area contributed by atoms with Gasteiger partial charge in [-0.05, 0) is 31.0 Å². The van der Waals surface area contributed by atoms with Crippen LogP contribution in [0.25, 0.3) is 0 Å². The summed E-state index contributed by atoms with van der Waals surface area (Å²) in [6, 6.07) is 0. The van der Waals surface area contributed by atoms with E-state index in [1.165, 1.54) is 0 Å². The van der Waals surface area contributed by atoms with Crippen molar-refractivity contribution < 1.29 is 13.6 Å². The standard InChI is InChI=1S/C5H11O3PS/c1-5-3-4-7-9(6,8-5)10-2/h5H,3-4H2,1-2H3/t5-,9-/m1/s1. The topological polar surface area (TPSA) is 35.5 Å². The molecule has 1 heterocycles. The van der Waals surface area contributed by atoms with Gasteiger partial charge in [0.1, 0.15) is 0 Å². The molecule has 0 unspecified atom stereocenters. The van der Waals surface area contributed by atoms with E-state index in [2.05, 4.69) is 0 Å². The lowest BCUT2D eigenvalue weighted by Gasteiger charge is -2.25. The SMILES string of the molecule is CS[P@]1(=O)OCC[C@@H](C)O1. The minimum atomic E-state index is -2.73. The molecule has 0 aromatic rings. The van der Waals surface area contributed by atoms with Crippen LogP contribution >= 0.6 is 18.2 Å². The molecule has 1 saturated heterocycles. The molecular weight excluding hydrogens is 171 g/mol. The Bertz CT molecular complexity index is 161. The van der Waals surface area contributed by atoms with E-state index in [9.17, 15) is 4.57 Å². The van der Waals surface area contributed by atoms with Crippen LogP contribution in [0.15, 0.2) is 0 Å². The van der Waals surface area contributed by atoms with Crippen LogP contribution < -0.4 is 0 Å². The Morgan fingerprint density at radius 2 is 2.40 bits per heavy atom. The van der Waals surface area contributed by atoms with E-state index in [1.807, 2.05) is 6.92 Å². The van der Waals surface area contributed by atoms with Crippen molar-refractivity contribution in [3.05, 3.63) is 0 Å². The van der Waals surface area contributed by atoms with Crippen LogP contribution in [0.4, 0.5) is 0 Å². The third-order valence-electron chi connectivity index (χ3n) is 1.31. The van der Waals surface area contributed by atoms with Gasteiger partial charge in [0.15, 0.2) is 0 Å². The monoisotopic (exact) mass is 182 g/mol. The van der Waals surface area contributed by atoms with E-state index in [-0.39, 0.29) is 6.10 Å². The first-order valence-corrected chi connectivity index (χ1v) is 6.52. The molecule has 3 nitrogen and oxygen atoms in total. The van der Waals surface area contributed by atoms with Crippen molar-refractivity contribution in [2.24, 2.45) is 0 Å². The maximum absolute atomic E-state index is 11.3. The van der Waals surface area contributed by atoms with Crippen LogP contribution in [0.2, 0.25) is 0 Å². The second-order valence-corrected chi connectivity index (χ2v) is 6.33. The Balaban J connectivity index is 2.54. The summed E-state index contributed by atoms with van der Waals surface area (Å²) in [6.07, 6.45) is 2.65. The molecular formula is C5H11O3PS. The lowest BCUT2D eigenvalue weighted by Crippen LogP contribution is -2.15. The normalized spacial score (nSPS) is 41.6. The van der Waals surface area contributed by atoms with Gasteiger partial charge in [0.25, 0.3) is 0 Å². The van der Waals surface area contributed by atoms with Crippen LogP contribution in [-0.4, -0.2) is 19.0 Å². The van der Waals surface area contributed by atoms with E-state index in [0.29, 0.717) is 6.61 Å². The molecule has 60 valence electrons. The fourth-order valence-corrected chi connectivity index (χ4v) is 3.10. The predicted octanol–water partition coefficient (Wildman–Crippen LogP) is 2.28. The Morgan fingerprint density at radius 1 is 1.70 bits per heavy atom. The van der Waals surface area contributed by atoms with Gasteiger partial charge in [-0.3, -0.25) is 4.52 Å². The summed E-state index contributed by atoms with van der Waals surface area (Å²) in [5, 5.41) is 0. The van der Waals surface area contributed by atoms with Crippen molar-refractivity contribution in [2.45, 2.75) is 19.4 Å². The summed E-state index contributed by atoms with van der Waals surface area (Å²) in [6.45, 7) is -0.271. The average Bonchev–Trinajstić information content (AvgIpc) is 1.88. The van der Waals surface area contributed by atoms with E-state index >= 15 is 0 Å². The predicted molar refractivity (Wildman–Crippen MR) is 42.2 cm³/mol. The molecule has 1 aliphatic rings. The number of hydrogen-bond donors (Lipinski definition) is 0. The molecule has 0 aromatic heterocycles. The van der Waals surface area contributed by atoms with Crippen LogP contribution in [-0.2, 0) is 13.6 Å². The van der Waals surface area contributed by atoms with E-state index in [0.717, 1.165) is 17.8 Å². The third kappa shape index (κ3) is 1.99. The van der Waals surface area contributed by atoms with Gasteiger partial charge in [-0.15, -0.1) is 0 Å². The van der Waals surface area contributed by atoms with Crippen LogP contribution in [0.3, 0.4) is 0 Å². The summed E-state index contributed by atoms with van der Waals surface area (Å²) >= 11 is 1.16. The van der Waals surface area contributed by atoms with Crippen molar-refractivity contribution in [2.75, 3.05) is 12.9 Å². The van der Waals surface area contributed by atoms with Gasteiger partial charge >= 0.3 is 6.80 Å². The molecule has 0 radical (unpaired) electrons. The van der Waals surface area contributed by atoms with Gasteiger partial charge in [0, 0.05) is 0 Å². The maximum Gasteiger partial charge on any atom is 0.389 e. The fourth-order valence-electron chi connectivity index (χ4n) is 0.730. The van der Waals surface area contributed by atoms with Crippen LogP contribution in [0.1, 0.15) is 13.3 Å². The van der Waals surface area contributed by atoms with Crippen molar-refractivity contribution in [3.8, 4) is 0 Å². The number of rotatable bonds is 1. The highest BCUT2D eigenvalue weighted by atomic mass is 32.7. The van der Waals surface area contributed by atoms with Gasteiger partial charge < -0.3 is 4.52 Å². The van der Waals surface area contributed by atoms with Crippen molar-refractivity contribution in [3.63, 3.8) is 0 Å². The lowest BCUT2D eigenvalue weighted by molar-refractivity contribution is 0.104. The van der Waals surface area contributed by atoms with Gasteiger partial charge in [-0.25, -0.2) is 4.57 Å². The zero-order chi connectivity index (χ0) is 7.61. The molecule has 1 aliphatic heterocycles. The Kier molecular flexibility index (Phi) is 2.81. The third-order valence-corrected chi connectivity index (χ3v) is 4.79. The summed E-state index contributed by atoms with van der Waals surface area (Å²) in [5.41, 5.74) is 0. The smallest absolute Gasteiger partial charge is 0.301 e. The molecule has 0 aliphatic carbocycles. The quantitative estimate of drug-likeness (QED) is 0.583. The van der Waals surface area contributed by atoms with Crippen molar-refractivity contribution in [1.82, 2.24) is 0 Å². The lowest BCUT2D eigenvalue weighted by atomic mass is 10.3. The molecule has 0 spiro atoms. The average molecular weight is 182 g/mol. The summed E-state index contributed by atoms with van der Waals surface area (Å²) < 4.78 is 21.4. The first kappa shape index (κ1) is 8.60. The molecule has 0 bridgehead atoms. The Labute approximate surface area is 64.8 Å². The maximum atomic E-state index is 11.3. The minimum absolute atomic E-state index is 0.0760. The first-order chi connectivity index (χ1) is 4.66. The second-order valence-electron chi connectivity index (χ2n) is 2.17. The van der Waals surface area contributed by atoms with Gasteiger partial charge in [-0.2, -0.15) is 0 Å². The Hall–Kier alpha value is 0.500. The van der Waals surface area contributed by atoms with Gasteiger partial charge in [-0.1, -0.05) is 0 Å². The summed E-state index contributed by atoms with van der Waals surface area (Å²) in [7, 11) is 0. The highest BCUT2D eigenvalue weighted by Crippen LogP contribution is 2.61. The second kappa shape index (κ2) is 3.26. The molecule has 10 heavy (non-hydrogen) atoms. The zero-order valence-electron chi connectivity index (χ0n) is 6.07. The molecule has 0 amide bonds. The largest absolute Gasteiger partial charge is 0.389 e. The molecule has 2 atom stereocenters. The number of hydrogen-bond acceptors (Lipinski definition) is 4. The van der Waals surface area contributed by atoms with Crippen LogP contribution in [0, 0.1) is 0 Å². The minimum Gasteiger partial charge on any atom is -0.301 e. The summed E-state index contributed by atoms with van der Waals surface area (Å²) in [4.78, 5) is 0. The summed E-state index contributed by atoms with van der Waals surface area (Å²) in [5.74, 6) is 0. The van der Waals surface area contributed by atoms with Gasteiger partial charge in [0.05, 0.1) is 12.7 Å². The van der Waals surface area contributed by atoms with Gasteiger partial charge in [0.2, 0.25) is 0 Å². The molecule has 0 saturated carbocycles.